The van der Waals surface area contributed by atoms with Gasteiger partial charge in [-0.3, -0.25) is 0 Å². The van der Waals surface area contributed by atoms with E-state index in [1.807, 2.05) is 0 Å². The van der Waals surface area contributed by atoms with Gasteiger partial charge in [0.15, 0.2) is 6.29 Å². The van der Waals surface area contributed by atoms with Crippen molar-refractivity contribution in [3.05, 3.63) is 0 Å². The van der Waals surface area contributed by atoms with E-state index in [0.717, 1.165) is 0 Å². The van der Waals surface area contributed by atoms with Crippen molar-refractivity contribution in [1.82, 2.24) is 0 Å². The summed E-state index contributed by atoms with van der Waals surface area (Å²) in [6, 6.07) is 0. The summed E-state index contributed by atoms with van der Waals surface area (Å²) in [5.41, 5.74) is 0. The normalized spacial score (nSPS) is 21.1. The standard InChI is InChI=1S/C6H12O6/c7-1-3(9)5(11)6(12)4(10)2-8/h1,3-6,8-12H,2H2/t3-,4-,5-,6-/m1/s1/i1+1,2+1,3+1,4+1,5+1,6+1. The van der Waals surface area contributed by atoms with E-state index in [2.05, 4.69) is 0 Å². The fourth-order valence-electron chi connectivity index (χ4n) is 0.618. The molecule has 0 aliphatic heterocycles. The van der Waals surface area contributed by atoms with Crippen molar-refractivity contribution in [3.8, 4) is 0 Å². The van der Waals surface area contributed by atoms with Gasteiger partial charge >= 0.3 is 0 Å². The van der Waals surface area contributed by atoms with Gasteiger partial charge in [-0.1, -0.05) is 0 Å². The zero-order valence-corrected chi connectivity index (χ0v) is 6.24. The lowest BCUT2D eigenvalue weighted by Gasteiger charge is -2.22. The second kappa shape index (κ2) is 5.18. The fraction of sp³-hybridized carbons (Fsp3) is 0.833. The Hall–Kier alpha value is -0.530. The first kappa shape index (κ1) is 11.5. The van der Waals surface area contributed by atoms with E-state index < -0.39 is 31.0 Å². The van der Waals surface area contributed by atoms with Crippen LogP contribution in [0.4, 0.5) is 0 Å². The molecule has 6 heteroatoms. The van der Waals surface area contributed by atoms with Crippen molar-refractivity contribution >= 4 is 6.29 Å². The van der Waals surface area contributed by atoms with E-state index in [0.29, 0.717) is 0 Å². The van der Waals surface area contributed by atoms with Crippen LogP contribution in [0.3, 0.4) is 0 Å². The molecular weight excluding hydrogens is 174 g/mol. The van der Waals surface area contributed by atoms with Crippen molar-refractivity contribution in [2.75, 3.05) is 6.61 Å². The molecule has 0 rings (SSSR count). The zero-order valence-electron chi connectivity index (χ0n) is 6.24. The van der Waals surface area contributed by atoms with Crippen LogP contribution in [0.15, 0.2) is 0 Å². The Morgan fingerprint density at radius 1 is 1.08 bits per heavy atom. The Labute approximate surface area is 68.7 Å². The Bertz CT molecular complexity index is 138. The van der Waals surface area contributed by atoms with Crippen LogP contribution in [0.2, 0.25) is 0 Å². The molecule has 0 radical (unpaired) electrons. The summed E-state index contributed by atoms with van der Waals surface area (Å²) in [4.78, 5) is 9.90. The number of aliphatic hydroxyl groups is 5. The van der Waals surface area contributed by atoms with E-state index in [4.69, 9.17) is 25.5 Å². The van der Waals surface area contributed by atoms with Gasteiger partial charge in [-0.25, -0.2) is 0 Å². The lowest BCUT2D eigenvalue weighted by molar-refractivity contribution is -0.136. The first-order valence-corrected chi connectivity index (χ1v) is 3.33. The van der Waals surface area contributed by atoms with Gasteiger partial charge < -0.3 is 30.3 Å². The topological polar surface area (TPSA) is 118 Å². The van der Waals surface area contributed by atoms with Gasteiger partial charge in [0.1, 0.15) is 24.4 Å². The molecule has 0 aliphatic rings. The molecular formula is C6H12O6. The molecule has 0 bridgehead atoms. The highest BCUT2D eigenvalue weighted by Gasteiger charge is 2.29. The largest absolute Gasteiger partial charge is 0.394 e. The number of carbonyl (C=O) groups is 1. The van der Waals surface area contributed by atoms with Gasteiger partial charge in [0.25, 0.3) is 0 Å². The SMILES string of the molecule is O=[13CH][13C@@H](O)[13C@@H](O)[13C@H](O)[13C@H](O)[13CH2]O. The van der Waals surface area contributed by atoms with Gasteiger partial charge in [-0.05, 0) is 0 Å². The maximum atomic E-state index is 9.90. The molecule has 12 heavy (non-hydrogen) atoms. The summed E-state index contributed by atoms with van der Waals surface area (Å²) < 4.78 is 0. The van der Waals surface area contributed by atoms with Crippen LogP contribution in [0.5, 0.6) is 0 Å². The molecule has 0 heterocycles. The lowest BCUT2D eigenvalue weighted by Crippen LogP contribution is -2.46. The predicted octanol–water partition coefficient (Wildman–Crippen LogP) is -3.38. The summed E-state index contributed by atoms with van der Waals surface area (Å²) in [6.45, 7) is -0.760. The molecule has 0 fully saturated rings. The molecule has 0 saturated heterocycles. The second-order valence-electron chi connectivity index (χ2n) is 2.36. The van der Waals surface area contributed by atoms with Crippen molar-refractivity contribution in [1.29, 1.82) is 0 Å². The Morgan fingerprint density at radius 3 is 1.92 bits per heavy atom. The van der Waals surface area contributed by atoms with E-state index in [9.17, 15) is 4.79 Å². The number of hydrogen-bond acceptors (Lipinski definition) is 6. The number of aldehydes is 1. The summed E-state index contributed by atoms with van der Waals surface area (Å²) in [5, 5.41) is 43.5. The number of rotatable bonds is 5. The van der Waals surface area contributed by atoms with Crippen LogP contribution in [0.25, 0.3) is 0 Å². The van der Waals surface area contributed by atoms with Gasteiger partial charge in [-0.15, -0.1) is 0 Å². The molecule has 0 aromatic heterocycles. The average Bonchev–Trinajstić information content (AvgIpc) is 2.12. The van der Waals surface area contributed by atoms with E-state index in [1.54, 1.807) is 0 Å². The summed E-state index contributed by atoms with van der Waals surface area (Å²) in [5.74, 6) is 0. The van der Waals surface area contributed by atoms with Gasteiger partial charge in [0.2, 0.25) is 0 Å². The quantitative estimate of drug-likeness (QED) is 0.226. The number of aliphatic hydroxyl groups excluding tert-OH is 5. The maximum absolute atomic E-state index is 9.90. The number of carbonyl (C=O) groups excluding carboxylic acids is 1. The molecule has 5 N–H and O–H groups in total. The molecule has 6 nitrogen and oxygen atoms in total. The monoisotopic (exact) mass is 186 g/mol. The predicted molar refractivity (Wildman–Crippen MR) is 37.2 cm³/mol. The Morgan fingerprint density at radius 2 is 1.58 bits per heavy atom. The van der Waals surface area contributed by atoms with Crippen LogP contribution in [-0.4, -0.2) is 62.8 Å². The van der Waals surface area contributed by atoms with Crippen LogP contribution >= 0.6 is 0 Å². The van der Waals surface area contributed by atoms with E-state index in [1.165, 1.54) is 0 Å². The van der Waals surface area contributed by atoms with Crippen molar-refractivity contribution in [3.63, 3.8) is 0 Å². The minimum Gasteiger partial charge on any atom is -0.394 e. The molecule has 0 aromatic carbocycles. The highest BCUT2D eigenvalue weighted by atomic mass is 16.6. The smallest absolute Gasteiger partial charge is 0.151 e. The van der Waals surface area contributed by atoms with E-state index >= 15 is 0 Å². The van der Waals surface area contributed by atoms with Crippen LogP contribution in [-0.2, 0) is 4.79 Å². The van der Waals surface area contributed by atoms with Crippen molar-refractivity contribution in [2.45, 2.75) is 24.4 Å². The lowest BCUT2D eigenvalue weighted by atomic mass is 11.0. The first-order valence-electron chi connectivity index (χ1n) is 3.33. The summed E-state index contributed by atoms with van der Waals surface area (Å²) in [6.07, 6.45) is -6.84. The third kappa shape index (κ3) is 2.84. The highest BCUT2D eigenvalue weighted by Crippen LogP contribution is 2.02. The molecule has 0 amide bonds. The molecule has 0 saturated carbocycles. The first-order chi connectivity index (χ1) is 5.54. The van der Waals surface area contributed by atoms with Gasteiger partial charge in [0, 0.05) is 0 Å². The molecule has 4 atom stereocenters. The Balaban J connectivity index is 4.07. The second-order valence-corrected chi connectivity index (χ2v) is 2.36. The minimum absolute atomic E-state index is 0.0258. The van der Waals surface area contributed by atoms with Crippen LogP contribution < -0.4 is 0 Å². The van der Waals surface area contributed by atoms with E-state index in [-0.39, 0.29) is 6.29 Å². The van der Waals surface area contributed by atoms with Crippen LogP contribution in [0, 0.1) is 0 Å². The molecule has 0 aromatic rings. The summed E-state index contributed by atoms with van der Waals surface area (Å²) in [7, 11) is 0. The van der Waals surface area contributed by atoms with Crippen LogP contribution in [0.1, 0.15) is 0 Å². The fourth-order valence-corrected chi connectivity index (χ4v) is 0.618. The third-order valence-electron chi connectivity index (χ3n) is 1.42. The van der Waals surface area contributed by atoms with Gasteiger partial charge in [0.05, 0.1) is 6.61 Å². The molecule has 0 aliphatic carbocycles. The third-order valence-corrected chi connectivity index (χ3v) is 1.42. The zero-order chi connectivity index (χ0) is 9.72. The summed E-state index contributed by atoms with van der Waals surface area (Å²) >= 11 is 0. The molecule has 0 spiro atoms. The molecule has 72 valence electrons. The van der Waals surface area contributed by atoms with Crippen molar-refractivity contribution < 1.29 is 30.3 Å². The Kier molecular flexibility index (Phi) is 4.95. The van der Waals surface area contributed by atoms with Gasteiger partial charge in [-0.2, -0.15) is 0 Å². The number of hydrogen-bond donors (Lipinski definition) is 5. The maximum Gasteiger partial charge on any atom is 0.151 e. The molecule has 0 unspecified atom stereocenters. The minimum atomic E-state index is -1.79. The van der Waals surface area contributed by atoms with Crippen molar-refractivity contribution in [2.24, 2.45) is 0 Å². The average molecular weight is 186 g/mol. The highest BCUT2D eigenvalue weighted by molar-refractivity contribution is 5.56.